The van der Waals surface area contributed by atoms with Crippen molar-refractivity contribution in [2.75, 3.05) is 13.1 Å². The Bertz CT molecular complexity index is 852. The monoisotopic (exact) mass is 327 g/mol. The van der Waals surface area contributed by atoms with Crippen molar-refractivity contribution >= 4 is 5.91 Å². The number of H-pyrrole nitrogens is 2. The fraction of sp³-hybridized carbons (Fsp3) is 0.389. The average Bonchev–Trinajstić information content (AvgIpc) is 2.87. The van der Waals surface area contributed by atoms with E-state index in [4.69, 9.17) is 0 Å². The summed E-state index contributed by atoms with van der Waals surface area (Å²) in [4.78, 5) is 37.5. The molecule has 0 bridgehead atoms. The number of aromatic amines is 2. The number of nitrogens with zero attached hydrogens (tertiary/aromatic N) is 1. The van der Waals surface area contributed by atoms with Gasteiger partial charge in [0.1, 0.15) is 0 Å². The molecule has 1 amide bonds. The first-order valence-electron chi connectivity index (χ1n) is 8.00. The zero-order chi connectivity index (χ0) is 17.3. The van der Waals surface area contributed by atoms with Crippen LogP contribution in [0.25, 0.3) is 0 Å². The Hall–Kier alpha value is -2.63. The van der Waals surface area contributed by atoms with Gasteiger partial charge in [-0.2, -0.15) is 0 Å². The molecule has 2 N–H and O–H groups in total. The van der Waals surface area contributed by atoms with Gasteiger partial charge in [0, 0.05) is 30.6 Å². The predicted octanol–water partition coefficient (Wildman–Crippen LogP) is 1.26. The number of carbonyl (C=O) groups excluding carboxylic acids is 1. The van der Waals surface area contributed by atoms with Crippen molar-refractivity contribution in [2.45, 2.75) is 26.2 Å². The minimum Gasteiger partial charge on any atom is -0.341 e. The van der Waals surface area contributed by atoms with Gasteiger partial charge in [-0.3, -0.25) is 24.6 Å². The van der Waals surface area contributed by atoms with Crippen LogP contribution in [0.5, 0.6) is 0 Å². The molecular formula is C18H21N3O3. The van der Waals surface area contributed by atoms with Crippen LogP contribution in [0.15, 0.2) is 46.0 Å². The highest BCUT2D eigenvalue weighted by Gasteiger charge is 2.41. The van der Waals surface area contributed by atoms with E-state index in [1.165, 1.54) is 11.6 Å². The molecule has 0 radical (unpaired) electrons. The number of nitrogens with one attached hydrogen (secondary N) is 2. The van der Waals surface area contributed by atoms with Gasteiger partial charge in [0.2, 0.25) is 5.91 Å². The number of rotatable bonds is 3. The van der Waals surface area contributed by atoms with Crippen molar-refractivity contribution in [1.82, 2.24) is 15.1 Å². The summed E-state index contributed by atoms with van der Waals surface area (Å²) in [5.41, 5.74) is 0.524. The summed E-state index contributed by atoms with van der Waals surface area (Å²) in [6.07, 6.45) is -0.0587. The Balaban J connectivity index is 1.79. The lowest BCUT2D eigenvalue weighted by molar-refractivity contribution is -0.129. The minimum absolute atomic E-state index is 0.0441. The maximum absolute atomic E-state index is 12.6. The quantitative estimate of drug-likeness (QED) is 0.890. The van der Waals surface area contributed by atoms with E-state index in [-0.39, 0.29) is 29.2 Å². The van der Waals surface area contributed by atoms with Crippen LogP contribution in [0.4, 0.5) is 0 Å². The minimum atomic E-state index is -0.430. The number of carbonyl (C=O) groups is 1. The van der Waals surface area contributed by atoms with E-state index in [1.807, 2.05) is 18.2 Å². The zero-order valence-electron chi connectivity index (χ0n) is 13.8. The molecule has 1 aliphatic rings. The molecule has 0 spiro atoms. The highest BCUT2D eigenvalue weighted by atomic mass is 16.2. The van der Waals surface area contributed by atoms with Gasteiger partial charge in [-0.15, -0.1) is 0 Å². The summed E-state index contributed by atoms with van der Waals surface area (Å²) in [5, 5.41) is 4.46. The van der Waals surface area contributed by atoms with Crippen LogP contribution in [0, 0.1) is 5.41 Å². The molecule has 1 fully saturated rings. The Morgan fingerprint density at radius 1 is 1.21 bits per heavy atom. The van der Waals surface area contributed by atoms with E-state index >= 15 is 0 Å². The lowest BCUT2D eigenvalue weighted by Crippen LogP contribution is -2.34. The fourth-order valence-electron chi connectivity index (χ4n) is 3.43. The summed E-state index contributed by atoms with van der Waals surface area (Å²) in [5.74, 6) is 0.123. The van der Waals surface area contributed by atoms with Crippen LogP contribution in [-0.2, 0) is 11.2 Å². The van der Waals surface area contributed by atoms with Gasteiger partial charge < -0.3 is 4.90 Å². The second kappa shape index (κ2) is 6.11. The predicted molar refractivity (Wildman–Crippen MR) is 90.9 cm³/mol. The maximum atomic E-state index is 12.6. The average molecular weight is 327 g/mol. The molecule has 1 aromatic heterocycles. The Labute approximate surface area is 139 Å². The van der Waals surface area contributed by atoms with Crippen molar-refractivity contribution in [2.24, 2.45) is 5.41 Å². The number of hydrogen-bond donors (Lipinski definition) is 2. The van der Waals surface area contributed by atoms with Crippen molar-refractivity contribution in [3.05, 3.63) is 68.2 Å². The summed E-state index contributed by atoms with van der Waals surface area (Å²) >= 11 is 0. The molecular weight excluding hydrogens is 306 g/mol. The first-order valence-corrected chi connectivity index (χ1v) is 8.00. The lowest BCUT2D eigenvalue weighted by Gasteiger charge is -2.25. The molecule has 6 heteroatoms. The molecule has 2 heterocycles. The summed E-state index contributed by atoms with van der Waals surface area (Å²) in [7, 11) is 0. The van der Waals surface area contributed by atoms with Gasteiger partial charge in [-0.25, -0.2) is 0 Å². The van der Waals surface area contributed by atoms with Gasteiger partial charge in [0.25, 0.3) is 11.1 Å². The molecule has 3 rings (SSSR count). The molecule has 1 atom stereocenters. The molecule has 0 saturated carbocycles. The van der Waals surface area contributed by atoms with Crippen LogP contribution < -0.4 is 11.1 Å². The largest absolute Gasteiger partial charge is 0.341 e. The van der Waals surface area contributed by atoms with Crippen LogP contribution in [-0.4, -0.2) is 34.1 Å². The fourth-order valence-corrected chi connectivity index (χ4v) is 3.43. The lowest BCUT2D eigenvalue weighted by atomic mass is 9.78. The Kier molecular flexibility index (Phi) is 4.13. The van der Waals surface area contributed by atoms with Crippen molar-refractivity contribution < 1.29 is 4.79 Å². The smallest absolute Gasteiger partial charge is 0.266 e. The normalized spacial score (nSPS) is 19.4. The van der Waals surface area contributed by atoms with Crippen LogP contribution in [0.3, 0.4) is 0 Å². The van der Waals surface area contributed by atoms with Gasteiger partial charge >= 0.3 is 0 Å². The molecule has 24 heavy (non-hydrogen) atoms. The van der Waals surface area contributed by atoms with E-state index in [1.54, 1.807) is 4.90 Å². The van der Waals surface area contributed by atoms with Crippen LogP contribution in [0.2, 0.25) is 0 Å². The summed E-state index contributed by atoms with van der Waals surface area (Å²) < 4.78 is 0. The van der Waals surface area contributed by atoms with E-state index in [0.717, 1.165) is 0 Å². The highest BCUT2D eigenvalue weighted by molar-refractivity contribution is 5.79. The number of likely N-dealkylation sites (tertiary alicyclic amines) is 1. The number of hydrogen-bond acceptors (Lipinski definition) is 3. The third-order valence-electron chi connectivity index (χ3n) is 4.74. The van der Waals surface area contributed by atoms with E-state index in [2.05, 4.69) is 36.2 Å². The van der Waals surface area contributed by atoms with Crippen molar-refractivity contribution in [3.63, 3.8) is 0 Å². The van der Waals surface area contributed by atoms with E-state index in [9.17, 15) is 14.4 Å². The number of amides is 1. The van der Waals surface area contributed by atoms with E-state index in [0.29, 0.717) is 13.1 Å². The number of aromatic nitrogens is 2. The first kappa shape index (κ1) is 16.2. The third-order valence-corrected chi connectivity index (χ3v) is 4.74. The molecule has 1 aliphatic heterocycles. The Morgan fingerprint density at radius 3 is 2.62 bits per heavy atom. The molecule has 6 nitrogen and oxygen atoms in total. The third kappa shape index (κ3) is 3.18. The highest BCUT2D eigenvalue weighted by Crippen LogP contribution is 2.42. The molecule has 0 aliphatic carbocycles. The van der Waals surface area contributed by atoms with Gasteiger partial charge in [0.15, 0.2) is 0 Å². The molecule has 126 valence electrons. The van der Waals surface area contributed by atoms with Crippen LogP contribution in [0.1, 0.15) is 30.9 Å². The number of benzene rings is 1. The van der Waals surface area contributed by atoms with E-state index < -0.39 is 11.1 Å². The topological polar surface area (TPSA) is 86.0 Å². The Morgan fingerprint density at radius 2 is 1.92 bits per heavy atom. The van der Waals surface area contributed by atoms with Gasteiger partial charge in [-0.1, -0.05) is 44.2 Å². The standard InChI is InChI=1S/C18H21N3O3/c1-18(2)11-21(10-14(18)12-6-4-3-5-7-12)16(23)9-13-8-15(22)19-20-17(13)24/h3-8,14H,9-11H2,1-2H3,(H,19,22)(H,20,24)/t14-/m0/s1. The van der Waals surface area contributed by atoms with Gasteiger partial charge in [0.05, 0.1) is 6.42 Å². The SMILES string of the molecule is CC1(C)CN(C(=O)Cc2cc(=O)[nH][nH]c2=O)C[C@H]1c1ccccc1. The molecule has 1 aromatic carbocycles. The maximum Gasteiger partial charge on any atom is 0.266 e. The first-order chi connectivity index (χ1) is 11.4. The second-order valence-electron chi connectivity index (χ2n) is 7.02. The van der Waals surface area contributed by atoms with Crippen molar-refractivity contribution in [3.8, 4) is 0 Å². The molecule has 0 unspecified atom stereocenters. The van der Waals surface area contributed by atoms with Crippen LogP contribution >= 0.6 is 0 Å². The summed E-state index contributed by atoms with van der Waals surface area (Å²) in [6, 6.07) is 11.3. The molecule has 2 aromatic rings. The second-order valence-corrected chi connectivity index (χ2v) is 7.02. The van der Waals surface area contributed by atoms with Crippen molar-refractivity contribution in [1.29, 1.82) is 0 Å². The zero-order valence-corrected chi connectivity index (χ0v) is 13.8. The summed E-state index contributed by atoms with van der Waals surface area (Å²) in [6.45, 7) is 5.55. The molecule has 1 saturated heterocycles. The van der Waals surface area contributed by atoms with Gasteiger partial charge in [-0.05, 0) is 11.0 Å².